The highest BCUT2D eigenvalue weighted by Gasteiger charge is 2.37. The first-order chi connectivity index (χ1) is 8.56. The monoisotopic (exact) mass is 270 g/mol. The average molecular weight is 271 g/mol. The Bertz CT molecular complexity index is 455. The van der Waals surface area contributed by atoms with Crippen LogP contribution in [-0.4, -0.2) is 35.3 Å². The molecule has 0 aromatic carbocycles. The first-order valence-electron chi connectivity index (χ1n) is 5.75. The maximum Gasteiger partial charge on any atom is 0.339 e. The molecule has 0 aliphatic heterocycles. The lowest BCUT2D eigenvalue weighted by Gasteiger charge is -2.40. The van der Waals surface area contributed by atoms with Gasteiger partial charge >= 0.3 is 5.97 Å². The molecule has 2 N–H and O–H groups in total. The first kappa shape index (κ1) is 13.1. The second kappa shape index (κ2) is 5.12. The molecule has 0 saturated heterocycles. The SMILES string of the molecule is COC1(CNc2nc(Cl)ccc2C(=O)O)CCC1. The maximum absolute atomic E-state index is 11.1. The quantitative estimate of drug-likeness (QED) is 0.804. The predicted octanol–water partition coefficient (Wildman–Crippen LogP) is 2.41. The van der Waals surface area contributed by atoms with Crippen LogP contribution in [0, 0.1) is 0 Å². The number of rotatable bonds is 5. The van der Waals surface area contributed by atoms with Crippen LogP contribution in [0.1, 0.15) is 29.6 Å². The Kier molecular flexibility index (Phi) is 3.73. The maximum atomic E-state index is 11.1. The highest BCUT2D eigenvalue weighted by molar-refractivity contribution is 6.29. The van der Waals surface area contributed by atoms with E-state index in [1.54, 1.807) is 7.11 Å². The van der Waals surface area contributed by atoms with Crippen LogP contribution in [0.2, 0.25) is 5.15 Å². The van der Waals surface area contributed by atoms with Crippen LogP contribution in [0.5, 0.6) is 0 Å². The molecule has 0 spiro atoms. The molecule has 0 atom stereocenters. The van der Waals surface area contributed by atoms with Gasteiger partial charge in [-0.3, -0.25) is 0 Å². The van der Waals surface area contributed by atoms with E-state index in [2.05, 4.69) is 10.3 Å². The lowest BCUT2D eigenvalue weighted by Crippen LogP contribution is -2.45. The van der Waals surface area contributed by atoms with Gasteiger partial charge in [-0.2, -0.15) is 0 Å². The molecule has 1 aromatic rings. The van der Waals surface area contributed by atoms with Crippen molar-refractivity contribution in [1.82, 2.24) is 4.98 Å². The Morgan fingerprint density at radius 1 is 1.61 bits per heavy atom. The summed E-state index contributed by atoms with van der Waals surface area (Å²) in [6, 6.07) is 2.91. The predicted molar refractivity (Wildman–Crippen MR) is 68.3 cm³/mol. The zero-order chi connectivity index (χ0) is 13.2. The smallest absolute Gasteiger partial charge is 0.339 e. The molecule has 0 amide bonds. The van der Waals surface area contributed by atoms with Crippen molar-refractivity contribution in [3.05, 3.63) is 22.8 Å². The van der Waals surface area contributed by atoms with Crippen LogP contribution >= 0.6 is 11.6 Å². The number of hydrogen-bond acceptors (Lipinski definition) is 4. The summed E-state index contributed by atoms with van der Waals surface area (Å²) in [4.78, 5) is 15.1. The number of nitrogens with one attached hydrogen (secondary N) is 1. The van der Waals surface area contributed by atoms with Gasteiger partial charge < -0.3 is 15.2 Å². The van der Waals surface area contributed by atoms with E-state index in [0.717, 1.165) is 19.3 Å². The second-order valence-electron chi connectivity index (χ2n) is 4.43. The van der Waals surface area contributed by atoms with E-state index in [4.69, 9.17) is 21.4 Å². The van der Waals surface area contributed by atoms with Crippen molar-refractivity contribution in [1.29, 1.82) is 0 Å². The van der Waals surface area contributed by atoms with E-state index in [-0.39, 0.29) is 16.3 Å². The highest BCUT2D eigenvalue weighted by atomic mass is 35.5. The summed E-state index contributed by atoms with van der Waals surface area (Å²) < 4.78 is 5.46. The summed E-state index contributed by atoms with van der Waals surface area (Å²) in [6.45, 7) is 0.539. The summed E-state index contributed by atoms with van der Waals surface area (Å²) in [5.41, 5.74) is -0.0790. The van der Waals surface area contributed by atoms with Crippen molar-refractivity contribution < 1.29 is 14.6 Å². The van der Waals surface area contributed by atoms with Gasteiger partial charge in [0.1, 0.15) is 16.5 Å². The molecule has 1 fully saturated rings. The Morgan fingerprint density at radius 3 is 2.83 bits per heavy atom. The fourth-order valence-corrected chi connectivity index (χ4v) is 2.16. The van der Waals surface area contributed by atoms with E-state index in [1.807, 2.05) is 0 Å². The zero-order valence-electron chi connectivity index (χ0n) is 10.1. The Morgan fingerprint density at radius 2 is 2.33 bits per heavy atom. The summed E-state index contributed by atoms with van der Waals surface area (Å²) >= 11 is 5.78. The highest BCUT2D eigenvalue weighted by Crippen LogP contribution is 2.35. The summed E-state index contributed by atoms with van der Waals surface area (Å²) in [5.74, 6) is -0.736. The largest absolute Gasteiger partial charge is 0.478 e. The second-order valence-corrected chi connectivity index (χ2v) is 4.82. The van der Waals surface area contributed by atoms with Crippen LogP contribution in [0.25, 0.3) is 0 Å². The number of aromatic carboxylic acids is 1. The third-order valence-electron chi connectivity index (χ3n) is 3.37. The van der Waals surface area contributed by atoms with Gasteiger partial charge in [-0.25, -0.2) is 9.78 Å². The standard InChI is InChI=1S/C12H15ClN2O3/c1-18-12(5-2-6-12)7-14-10-8(11(16)17)3-4-9(13)15-10/h3-4H,2,5-7H2,1H3,(H,14,15)(H,16,17). The number of carboxylic acid groups (broad SMARTS) is 1. The van der Waals surface area contributed by atoms with Gasteiger partial charge in [0.25, 0.3) is 0 Å². The minimum Gasteiger partial charge on any atom is -0.478 e. The number of halogens is 1. The van der Waals surface area contributed by atoms with Gasteiger partial charge in [0.2, 0.25) is 0 Å². The number of aromatic nitrogens is 1. The van der Waals surface area contributed by atoms with Gasteiger partial charge in [-0.05, 0) is 31.4 Å². The number of ether oxygens (including phenoxy) is 1. The van der Waals surface area contributed by atoms with E-state index in [9.17, 15) is 4.79 Å². The topological polar surface area (TPSA) is 71.5 Å². The van der Waals surface area contributed by atoms with Gasteiger partial charge in [0, 0.05) is 13.7 Å². The number of carbonyl (C=O) groups is 1. The fourth-order valence-electron chi connectivity index (χ4n) is 2.01. The van der Waals surface area contributed by atoms with E-state index < -0.39 is 5.97 Å². The molecule has 0 unspecified atom stereocenters. The van der Waals surface area contributed by atoms with Crippen LogP contribution in [0.4, 0.5) is 5.82 Å². The number of pyridine rings is 1. The third kappa shape index (κ3) is 2.57. The molecule has 5 nitrogen and oxygen atoms in total. The number of carboxylic acids is 1. The van der Waals surface area contributed by atoms with Crippen LogP contribution < -0.4 is 5.32 Å². The number of hydrogen-bond donors (Lipinski definition) is 2. The lowest BCUT2D eigenvalue weighted by atomic mass is 9.80. The Labute approximate surface area is 110 Å². The van der Waals surface area contributed by atoms with Crippen molar-refractivity contribution in [3.63, 3.8) is 0 Å². The average Bonchev–Trinajstić information content (AvgIpc) is 2.28. The molecule has 6 heteroatoms. The van der Waals surface area contributed by atoms with E-state index in [0.29, 0.717) is 12.4 Å². The molecule has 1 aliphatic carbocycles. The minimum absolute atomic E-state index is 0.116. The normalized spacial score (nSPS) is 17.0. The molecule has 1 saturated carbocycles. The van der Waals surface area contributed by atoms with Crippen LogP contribution in [0.3, 0.4) is 0 Å². The van der Waals surface area contributed by atoms with Crippen LogP contribution in [-0.2, 0) is 4.74 Å². The number of anilines is 1. The molecule has 1 aromatic heterocycles. The van der Waals surface area contributed by atoms with Crippen molar-refractivity contribution in [2.24, 2.45) is 0 Å². The van der Waals surface area contributed by atoms with Gasteiger partial charge in [-0.15, -0.1) is 0 Å². The van der Waals surface area contributed by atoms with Crippen molar-refractivity contribution in [2.45, 2.75) is 24.9 Å². The molecule has 1 aliphatic rings. The molecule has 18 heavy (non-hydrogen) atoms. The van der Waals surface area contributed by atoms with Crippen LogP contribution in [0.15, 0.2) is 12.1 Å². The van der Waals surface area contributed by atoms with Gasteiger partial charge in [-0.1, -0.05) is 11.6 Å². The summed E-state index contributed by atoms with van der Waals surface area (Å²) in [7, 11) is 1.67. The minimum atomic E-state index is -1.03. The zero-order valence-corrected chi connectivity index (χ0v) is 10.8. The van der Waals surface area contributed by atoms with Gasteiger partial charge in [0.05, 0.1) is 5.60 Å². The third-order valence-corrected chi connectivity index (χ3v) is 3.58. The lowest BCUT2D eigenvalue weighted by molar-refractivity contribution is -0.0601. The van der Waals surface area contributed by atoms with Crippen molar-refractivity contribution in [3.8, 4) is 0 Å². The van der Waals surface area contributed by atoms with Crippen molar-refractivity contribution >= 4 is 23.4 Å². The molecular formula is C12H15ClN2O3. The summed E-state index contributed by atoms with van der Waals surface area (Å²) in [5, 5.41) is 12.4. The first-order valence-corrected chi connectivity index (χ1v) is 6.13. The van der Waals surface area contributed by atoms with Gasteiger partial charge in [0.15, 0.2) is 0 Å². The molecule has 2 rings (SSSR count). The molecule has 98 valence electrons. The van der Waals surface area contributed by atoms with Crippen molar-refractivity contribution in [2.75, 3.05) is 19.0 Å². The molecule has 1 heterocycles. The Balaban J connectivity index is 2.12. The molecule has 0 radical (unpaired) electrons. The summed E-state index contributed by atoms with van der Waals surface area (Å²) in [6.07, 6.45) is 3.07. The number of nitrogens with zero attached hydrogens (tertiary/aromatic N) is 1. The van der Waals surface area contributed by atoms with E-state index >= 15 is 0 Å². The number of methoxy groups -OCH3 is 1. The van der Waals surface area contributed by atoms with E-state index in [1.165, 1.54) is 12.1 Å². The molecule has 0 bridgehead atoms. The molecular weight excluding hydrogens is 256 g/mol. The fraction of sp³-hybridized carbons (Fsp3) is 0.500. The Hall–Kier alpha value is -1.33.